The second kappa shape index (κ2) is 9.28. The van der Waals surface area contributed by atoms with Crippen molar-refractivity contribution in [3.8, 4) is 5.75 Å². The van der Waals surface area contributed by atoms with Crippen LogP contribution in [0.25, 0.3) is 0 Å². The van der Waals surface area contributed by atoms with E-state index in [-0.39, 0.29) is 5.91 Å². The van der Waals surface area contributed by atoms with E-state index in [0.717, 1.165) is 16.9 Å². The van der Waals surface area contributed by atoms with Crippen LogP contribution in [-0.2, 0) is 13.0 Å². The fourth-order valence-electron chi connectivity index (χ4n) is 2.49. The second-order valence-corrected chi connectivity index (χ2v) is 5.83. The number of benzene rings is 1. The number of carbonyl (C=O) groups excluding carboxylic acids is 1. The topological polar surface area (TPSA) is 89.0 Å². The number of rotatable bonds is 8. The van der Waals surface area contributed by atoms with Crippen molar-refractivity contribution in [2.75, 3.05) is 19.0 Å². The molecule has 0 aliphatic heterocycles. The van der Waals surface area contributed by atoms with E-state index in [1.165, 1.54) is 0 Å². The molecule has 3 aromatic rings. The molecular formula is C20H21N5O2. The average Bonchev–Trinajstić information content (AvgIpc) is 2.73. The van der Waals surface area contributed by atoms with Gasteiger partial charge in [-0.2, -0.15) is 0 Å². The lowest BCUT2D eigenvalue weighted by Gasteiger charge is -2.08. The van der Waals surface area contributed by atoms with Crippen molar-refractivity contribution in [3.63, 3.8) is 0 Å². The molecular weight excluding hydrogens is 342 g/mol. The molecule has 0 aliphatic carbocycles. The summed E-state index contributed by atoms with van der Waals surface area (Å²) in [6.45, 7) is 1.07. The Morgan fingerprint density at radius 3 is 2.74 bits per heavy atom. The van der Waals surface area contributed by atoms with E-state index in [9.17, 15) is 4.79 Å². The smallest absolute Gasteiger partial charge is 0.270 e. The van der Waals surface area contributed by atoms with E-state index in [1.54, 1.807) is 31.8 Å². The summed E-state index contributed by atoms with van der Waals surface area (Å²) in [5, 5.41) is 5.99. The monoisotopic (exact) mass is 363 g/mol. The van der Waals surface area contributed by atoms with Crippen LogP contribution >= 0.6 is 0 Å². The van der Waals surface area contributed by atoms with Crippen molar-refractivity contribution in [2.45, 2.75) is 13.0 Å². The van der Waals surface area contributed by atoms with Gasteiger partial charge in [-0.3, -0.25) is 9.78 Å². The Bertz CT molecular complexity index is 886. The van der Waals surface area contributed by atoms with Crippen LogP contribution in [-0.4, -0.2) is 34.5 Å². The third-order valence-corrected chi connectivity index (χ3v) is 3.92. The van der Waals surface area contributed by atoms with Crippen molar-refractivity contribution in [1.29, 1.82) is 0 Å². The lowest BCUT2D eigenvalue weighted by atomic mass is 10.1. The fourth-order valence-corrected chi connectivity index (χ4v) is 2.49. The first-order valence-electron chi connectivity index (χ1n) is 8.61. The van der Waals surface area contributed by atoms with Gasteiger partial charge in [-0.1, -0.05) is 12.1 Å². The maximum Gasteiger partial charge on any atom is 0.270 e. The Morgan fingerprint density at radius 1 is 1.07 bits per heavy atom. The molecule has 0 saturated carbocycles. The summed E-state index contributed by atoms with van der Waals surface area (Å²) in [7, 11) is 1.64. The molecule has 2 aromatic heterocycles. The maximum atomic E-state index is 12.3. The van der Waals surface area contributed by atoms with Crippen molar-refractivity contribution < 1.29 is 9.53 Å². The van der Waals surface area contributed by atoms with E-state index < -0.39 is 0 Å². The molecule has 2 N–H and O–H groups in total. The highest BCUT2D eigenvalue weighted by atomic mass is 16.5. The standard InChI is InChI=1S/C20H21N5O2/c1-27-17-4-2-3-15(13-17)7-11-22-19(26)18-8-12-23-20(25-18)24-14-16-5-9-21-10-6-16/h2-6,8-10,12-13H,7,11,14H2,1H3,(H,22,26)(H,23,24,25). The maximum absolute atomic E-state index is 12.3. The minimum absolute atomic E-state index is 0.229. The van der Waals surface area contributed by atoms with Gasteiger partial charge in [0.2, 0.25) is 5.95 Å². The number of carbonyl (C=O) groups is 1. The number of pyridine rings is 1. The Morgan fingerprint density at radius 2 is 1.93 bits per heavy atom. The molecule has 138 valence electrons. The van der Waals surface area contributed by atoms with E-state index in [0.29, 0.717) is 31.2 Å². The molecule has 2 heterocycles. The quantitative estimate of drug-likeness (QED) is 0.639. The van der Waals surface area contributed by atoms with Crippen LogP contribution in [0.5, 0.6) is 5.75 Å². The summed E-state index contributed by atoms with van der Waals surface area (Å²) < 4.78 is 5.20. The third-order valence-electron chi connectivity index (χ3n) is 3.92. The summed E-state index contributed by atoms with van der Waals surface area (Å²) in [6.07, 6.45) is 5.73. The van der Waals surface area contributed by atoms with Gasteiger partial charge in [0.05, 0.1) is 7.11 Å². The fraction of sp³-hybridized carbons (Fsp3) is 0.200. The summed E-state index contributed by atoms with van der Waals surface area (Å²) in [6, 6.07) is 13.2. The SMILES string of the molecule is COc1cccc(CCNC(=O)c2ccnc(NCc3ccncc3)n2)c1. The van der Waals surface area contributed by atoms with E-state index >= 15 is 0 Å². The lowest BCUT2D eigenvalue weighted by Crippen LogP contribution is -2.26. The predicted molar refractivity (Wildman–Crippen MR) is 103 cm³/mol. The molecule has 0 radical (unpaired) electrons. The van der Waals surface area contributed by atoms with Gasteiger partial charge in [-0.05, 0) is 47.9 Å². The molecule has 3 rings (SSSR count). The molecule has 27 heavy (non-hydrogen) atoms. The van der Waals surface area contributed by atoms with Gasteiger partial charge in [-0.15, -0.1) is 0 Å². The highest BCUT2D eigenvalue weighted by Gasteiger charge is 2.08. The number of nitrogens with one attached hydrogen (secondary N) is 2. The molecule has 7 nitrogen and oxygen atoms in total. The molecule has 1 amide bonds. The van der Waals surface area contributed by atoms with Crippen LogP contribution < -0.4 is 15.4 Å². The summed E-state index contributed by atoms with van der Waals surface area (Å²) in [5.74, 6) is 0.985. The summed E-state index contributed by atoms with van der Waals surface area (Å²) in [5.41, 5.74) is 2.48. The lowest BCUT2D eigenvalue weighted by molar-refractivity contribution is 0.0949. The van der Waals surface area contributed by atoms with Gasteiger partial charge >= 0.3 is 0 Å². The first-order valence-corrected chi connectivity index (χ1v) is 8.61. The van der Waals surface area contributed by atoms with Crippen LogP contribution in [0, 0.1) is 0 Å². The third kappa shape index (κ3) is 5.50. The molecule has 0 aliphatic rings. The van der Waals surface area contributed by atoms with Gasteiger partial charge < -0.3 is 15.4 Å². The number of nitrogens with zero attached hydrogens (tertiary/aromatic N) is 3. The van der Waals surface area contributed by atoms with E-state index in [2.05, 4.69) is 25.6 Å². The van der Waals surface area contributed by atoms with Crippen molar-refractivity contribution >= 4 is 11.9 Å². The Labute approximate surface area is 157 Å². The van der Waals surface area contributed by atoms with Gasteiger partial charge in [-0.25, -0.2) is 9.97 Å². The Hall–Kier alpha value is -3.48. The zero-order valence-corrected chi connectivity index (χ0v) is 15.1. The average molecular weight is 363 g/mol. The zero-order valence-electron chi connectivity index (χ0n) is 15.1. The van der Waals surface area contributed by atoms with Crippen LogP contribution in [0.1, 0.15) is 21.6 Å². The minimum Gasteiger partial charge on any atom is -0.497 e. The predicted octanol–water partition coefficient (Wildman–Crippen LogP) is 2.46. The molecule has 0 unspecified atom stereocenters. The second-order valence-electron chi connectivity index (χ2n) is 5.83. The summed E-state index contributed by atoms with van der Waals surface area (Å²) >= 11 is 0. The van der Waals surface area contributed by atoms with Crippen LogP contribution in [0.15, 0.2) is 61.1 Å². The molecule has 0 bridgehead atoms. The van der Waals surface area contributed by atoms with Gasteiger partial charge in [0.25, 0.3) is 5.91 Å². The molecule has 7 heteroatoms. The van der Waals surface area contributed by atoms with Crippen molar-refractivity contribution in [3.05, 3.63) is 77.9 Å². The number of aromatic nitrogens is 3. The number of amides is 1. The zero-order chi connectivity index (χ0) is 18.9. The first-order chi connectivity index (χ1) is 13.2. The highest BCUT2D eigenvalue weighted by Crippen LogP contribution is 2.12. The highest BCUT2D eigenvalue weighted by molar-refractivity contribution is 5.92. The van der Waals surface area contributed by atoms with Crippen molar-refractivity contribution in [2.24, 2.45) is 0 Å². The van der Waals surface area contributed by atoms with Gasteiger partial charge in [0.1, 0.15) is 11.4 Å². The van der Waals surface area contributed by atoms with Gasteiger partial charge in [0, 0.05) is 31.7 Å². The number of methoxy groups -OCH3 is 1. The minimum atomic E-state index is -0.229. The number of hydrogen-bond acceptors (Lipinski definition) is 6. The Balaban J connectivity index is 1.52. The number of anilines is 1. The molecule has 0 saturated heterocycles. The number of hydrogen-bond donors (Lipinski definition) is 2. The van der Waals surface area contributed by atoms with Crippen LogP contribution in [0.4, 0.5) is 5.95 Å². The van der Waals surface area contributed by atoms with Gasteiger partial charge in [0.15, 0.2) is 0 Å². The summed E-state index contributed by atoms with van der Waals surface area (Å²) in [4.78, 5) is 24.7. The first kappa shape index (κ1) is 18.3. The molecule has 0 fully saturated rings. The normalized spacial score (nSPS) is 10.3. The molecule has 0 atom stereocenters. The van der Waals surface area contributed by atoms with Crippen LogP contribution in [0.2, 0.25) is 0 Å². The number of ether oxygens (including phenoxy) is 1. The Kier molecular flexibility index (Phi) is 6.30. The van der Waals surface area contributed by atoms with E-state index in [1.807, 2.05) is 36.4 Å². The molecule has 0 spiro atoms. The van der Waals surface area contributed by atoms with Crippen LogP contribution in [0.3, 0.4) is 0 Å². The molecule has 1 aromatic carbocycles. The van der Waals surface area contributed by atoms with E-state index in [4.69, 9.17) is 4.74 Å². The van der Waals surface area contributed by atoms with Crippen molar-refractivity contribution in [1.82, 2.24) is 20.3 Å². The largest absolute Gasteiger partial charge is 0.497 e.